The Morgan fingerprint density at radius 2 is 0.646 bits per heavy atom. The van der Waals surface area contributed by atoms with E-state index in [0.717, 1.165) is 28.7 Å². The highest BCUT2D eigenvalue weighted by atomic mass is 16.5. The first kappa shape index (κ1) is 51.9. The molecule has 10 heteroatoms. The van der Waals surface area contributed by atoms with Gasteiger partial charge in [0.15, 0.2) is 0 Å². The SMILES string of the molecule is CC(C)c1cccc(C(C)C)c1N1C(=O)c2cc(OC3=CCCC=C3)c3c4c(Oc5ccccc5)cc5c6c(cc(Oc7ccccc7)c(c7c(Oc8ccccc8)cc(c2c37)C1=O)c64)C(=O)N(c1c(C(C)C)cccc1C(C)C)C5=O. The van der Waals surface area contributed by atoms with Gasteiger partial charge < -0.3 is 18.9 Å². The topological polar surface area (TPSA) is 112 Å². The molecule has 406 valence electrons. The molecule has 4 amide bonds. The monoisotopic (exact) mass is 1080 g/mol. The summed E-state index contributed by atoms with van der Waals surface area (Å²) in [6, 6.07) is 46.9. The van der Waals surface area contributed by atoms with Crippen molar-refractivity contribution in [1.29, 1.82) is 0 Å². The molecule has 0 radical (unpaired) electrons. The fourth-order valence-electron chi connectivity index (χ4n) is 12.4. The van der Waals surface area contributed by atoms with Crippen LogP contribution in [0.25, 0.3) is 43.1 Å². The van der Waals surface area contributed by atoms with Crippen LogP contribution in [0, 0.1) is 0 Å². The zero-order valence-electron chi connectivity index (χ0n) is 47.0. The van der Waals surface area contributed by atoms with Gasteiger partial charge in [0.1, 0.15) is 46.0 Å². The Balaban J connectivity index is 1.25. The first-order valence-corrected chi connectivity index (χ1v) is 28.3. The zero-order chi connectivity index (χ0) is 56.8. The smallest absolute Gasteiger partial charge is 0.266 e. The molecular formula is C72H60N2O8. The molecule has 0 saturated carbocycles. The highest BCUT2D eigenvalue weighted by molar-refractivity contribution is 6.48. The fraction of sp³-hybridized carbons (Fsp3) is 0.194. The Bertz CT molecular complexity index is 4290. The van der Waals surface area contributed by atoms with Crippen LogP contribution in [0.3, 0.4) is 0 Å². The van der Waals surface area contributed by atoms with Crippen LogP contribution in [0.15, 0.2) is 176 Å². The van der Waals surface area contributed by atoms with E-state index in [9.17, 15) is 0 Å². The maximum absolute atomic E-state index is 16.1. The van der Waals surface area contributed by atoms with Crippen LogP contribution in [0.1, 0.15) is 156 Å². The van der Waals surface area contributed by atoms with Gasteiger partial charge >= 0.3 is 0 Å². The van der Waals surface area contributed by atoms with Crippen molar-refractivity contribution in [3.8, 4) is 40.2 Å². The van der Waals surface area contributed by atoms with Crippen LogP contribution in [0.2, 0.25) is 0 Å². The molecule has 0 unspecified atom stereocenters. The number of carbonyl (C=O) groups excluding carboxylic acids is 4. The number of anilines is 2. The van der Waals surface area contributed by atoms with Gasteiger partial charge in [-0.05, 0) is 132 Å². The lowest BCUT2D eigenvalue weighted by Crippen LogP contribution is -2.42. The van der Waals surface area contributed by atoms with Gasteiger partial charge in [-0.2, -0.15) is 0 Å². The lowest BCUT2D eigenvalue weighted by atomic mass is 9.80. The summed E-state index contributed by atoms with van der Waals surface area (Å²) < 4.78 is 28.7. The number of fused-ring (bicyclic) bond motifs is 2. The van der Waals surface area contributed by atoms with Crippen molar-refractivity contribution in [2.45, 2.75) is 91.9 Å². The van der Waals surface area contributed by atoms with Crippen LogP contribution >= 0.6 is 0 Å². The quantitative estimate of drug-likeness (QED) is 0.0601. The number of benzene rings is 10. The molecule has 0 spiro atoms. The van der Waals surface area contributed by atoms with Crippen molar-refractivity contribution in [2.75, 3.05) is 9.80 Å². The van der Waals surface area contributed by atoms with Crippen LogP contribution < -0.4 is 28.7 Å². The van der Waals surface area contributed by atoms with Crippen LogP contribution in [0.5, 0.6) is 40.2 Å². The number of nitrogens with zero attached hydrogens (tertiary/aromatic N) is 2. The molecule has 0 aromatic heterocycles. The van der Waals surface area contributed by atoms with E-state index in [4.69, 9.17) is 18.9 Å². The molecule has 0 fully saturated rings. The van der Waals surface area contributed by atoms with E-state index in [2.05, 4.69) is 55.4 Å². The van der Waals surface area contributed by atoms with E-state index in [1.54, 1.807) is 24.3 Å². The van der Waals surface area contributed by atoms with E-state index in [1.807, 2.05) is 146 Å². The molecule has 10 nitrogen and oxygen atoms in total. The van der Waals surface area contributed by atoms with E-state index in [-0.39, 0.29) is 68.9 Å². The maximum atomic E-state index is 16.1. The predicted octanol–water partition coefficient (Wildman–Crippen LogP) is 18.8. The Morgan fingerprint density at radius 1 is 0.341 bits per heavy atom. The average molecular weight is 1080 g/mol. The molecule has 13 rings (SSSR count). The summed E-state index contributed by atoms with van der Waals surface area (Å²) >= 11 is 0. The second-order valence-electron chi connectivity index (χ2n) is 22.7. The number of hydrogen-bond donors (Lipinski definition) is 0. The van der Waals surface area contributed by atoms with Gasteiger partial charge in [0.25, 0.3) is 23.6 Å². The van der Waals surface area contributed by atoms with Gasteiger partial charge in [0.05, 0.1) is 33.6 Å². The lowest BCUT2D eigenvalue weighted by Gasteiger charge is -2.35. The van der Waals surface area contributed by atoms with Crippen LogP contribution in [-0.2, 0) is 0 Å². The van der Waals surface area contributed by atoms with E-state index >= 15 is 19.2 Å². The minimum Gasteiger partial charge on any atom is -0.457 e. The normalized spacial score (nSPS) is 14.3. The fourth-order valence-corrected chi connectivity index (χ4v) is 12.4. The largest absolute Gasteiger partial charge is 0.457 e. The summed E-state index contributed by atoms with van der Waals surface area (Å²) in [5.41, 5.74) is 5.43. The lowest BCUT2D eigenvalue weighted by molar-refractivity contribution is 0.0877. The summed E-state index contributed by atoms with van der Waals surface area (Å²) in [5, 5.41) is 3.53. The predicted molar refractivity (Wildman–Crippen MR) is 326 cm³/mol. The molecule has 1 aliphatic carbocycles. The number of allylic oxidation sites excluding steroid dienone is 3. The average Bonchev–Trinajstić information content (AvgIpc) is 1.49. The van der Waals surface area contributed by atoms with Crippen molar-refractivity contribution < 1.29 is 38.1 Å². The Labute approximate surface area is 476 Å². The molecule has 0 N–H and O–H groups in total. The minimum absolute atomic E-state index is 0.0512. The molecule has 2 aliphatic heterocycles. The van der Waals surface area contributed by atoms with Gasteiger partial charge in [-0.3, -0.25) is 19.2 Å². The first-order valence-electron chi connectivity index (χ1n) is 28.3. The molecule has 10 aromatic carbocycles. The molecular weight excluding hydrogens is 1020 g/mol. The second-order valence-corrected chi connectivity index (χ2v) is 22.7. The highest BCUT2D eigenvalue weighted by Crippen LogP contribution is 2.58. The van der Waals surface area contributed by atoms with Crippen molar-refractivity contribution in [2.24, 2.45) is 0 Å². The first-order chi connectivity index (χ1) is 39.7. The number of hydrogen-bond acceptors (Lipinski definition) is 8. The van der Waals surface area contributed by atoms with Crippen molar-refractivity contribution >= 4 is 78.1 Å². The zero-order valence-corrected chi connectivity index (χ0v) is 47.0. The summed E-state index contributed by atoms with van der Waals surface area (Å²) in [4.78, 5) is 67.1. The van der Waals surface area contributed by atoms with Gasteiger partial charge in [-0.15, -0.1) is 0 Å². The van der Waals surface area contributed by atoms with Crippen molar-refractivity contribution in [1.82, 2.24) is 0 Å². The second kappa shape index (κ2) is 20.2. The standard InChI is InChI=1S/C72H60N2O8/c1-39(2)47-31-21-32-48(40(3)4)67(47)73-69(75)51-35-55(79-43-23-13-9-14-24-43)61-63-57(81-45-27-17-11-18-28-45)37-53-60-54(72(78)74(71(53)77)68-49(41(5)6)33-22-34-50(68)42(7)8)38-58(82-46-29-19-12-20-30-46)64(66(60)63)62-56(80-44-25-15-10-16-26-44)36-52(70(73)76)59(51)65(61)62/h9-11,13-19,21-42H,12,20H2,1-8H3. The van der Waals surface area contributed by atoms with Gasteiger partial charge in [-0.1, -0.05) is 152 Å². The Hall–Kier alpha value is -9.54. The van der Waals surface area contributed by atoms with Gasteiger partial charge in [0, 0.05) is 43.1 Å². The van der Waals surface area contributed by atoms with E-state index in [0.29, 0.717) is 83.9 Å². The molecule has 2 heterocycles. The molecule has 0 atom stereocenters. The number of rotatable bonds is 14. The Kier molecular flexibility index (Phi) is 12.8. The maximum Gasteiger partial charge on any atom is 0.266 e. The number of para-hydroxylation sites is 5. The highest BCUT2D eigenvalue weighted by Gasteiger charge is 2.44. The van der Waals surface area contributed by atoms with E-state index in [1.165, 1.54) is 9.80 Å². The third-order valence-corrected chi connectivity index (χ3v) is 16.1. The molecule has 3 aliphatic rings. The summed E-state index contributed by atoms with van der Waals surface area (Å²) in [7, 11) is 0. The number of imide groups is 2. The van der Waals surface area contributed by atoms with Crippen molar-refractivity contribution in [3.05, 3.63) is 220 Å². The number of carbonyl (C=O) groups is 4. The summed E-state index contributed by atoms with van der Waals surface area (Å²) in [5.74, 6) is 0.729. The number of amides is 4. The third-order valence-electron chi connectivity index (χ3n) is 16.1. The molecule has 0 bridgehead atoms. The van der Waals surface area contributed by atoms with Gasteiger partial charge in [-0.25, -0.2) is 9.80 Å². The van der Waals surface area contributed by atoms with Crippen molar-refractivity contribution in [3.63, 3.8) is 0 Å². The minimum atomic E-state index is -0.524. The summed E-state index contributed by atoms with van der Waals surface area (Å²) in [6.07, 6.45) is 7.51. The summed E-state index contributed by atoms with van der Waals surface area (Å²) in [6.45, 7) is 16.5. The number of ether oxygens (including phenoxy) is 4. The van der Waals surface area contributed by atoms with Crippen LogP contribution in [-0.4, -0.2) is 23.6 Å². The third kappa shape index (κ3) is 8.29. The molecule has 0 saturated heterocycles. The Morgan fingerprint density at radius 3 is 0.927 bits per heavy atom. The molecule has 10 aromatic rings. The van der Waals surface area contributed by atoms with Gasteiger partial charge in [0.2, 0.25) is 0 Å². The molecule has 82 heavy (non-hydrogen) atoms. The van der Waals surface area contributed by atoms with Crippen LogP contribution in [0.4, 0.5) is 11.4 Å². The van der Waals surface area contributed by atoms with E-state index < -0.39 is 23.6 Å².